The molecular formula is C10H17N3S. The van der Waals surface area contributed by atoms with Crippen molar-refractivity contribution in [3.05, 3.63) is 18.0 Å². The van der Waals surface area contributed by atoms with Gasteiger partial charge in [0.15, 0.2) is 0 Å². The molecular weight excluding hydrogens is 194 g/mol. The van der Waals surface area contributed by atoms with Crippen molar-refractivity contribution in [2.24, 2.45) is 7.05 Å². The van der Waals surface area contributed by atoms with E-state index in [2.05, 4.69) is 23.5 Å². The summed E-state index contributed by atoms with van der Waals surface area (Å²) in [5.41, 5.74) is 1.28. The number of nitrogens with zero attached hydrogens (tertiary/aromatic N) is 2. The van der Waals surface area contributed by atoms with Crippen molar-refractivity contribution in [2.45, 2.75) is 25.4 Å². The van der Waals surface area contributed by atoms with Crippen LogP contribution in [0.25, 0.3) is 0 Å². The van der Waals surface area contributed by atoms with Gasteiger partial charge in [-0.1, -0.05) is 0 Å². The number of hydrogen-bond acceptors (Lipinski definition) is 3. The third kappa shape index (κ3) is 2.30. The van der Waals surface area contributed by atoms with Crippen LogP contribution in [0.1, 0.15) is 24.9 Å². The van der Waals surface area contributed by atoms with Gasteiger partial charge in [0.1, 0.15) is 0 Å². The number of thioether (sulfide) groups is 1. The Balaban J connectivity index is 1.91. The van der Waals surface area contributed by atoms with Crippen molar-refractivity contribution in [3.63, 3.8) is 0 Å². The number of aryl methyl sites for hydroxylation is 1. The average molecular weight is 211 g/mol. The Hall–Kier alpha value is -0.480. The smallest absolute Gasteiger partial charge is 0.0537 e. The molecule has 4 heteroatoms. The molecule has 14 heavy (non-hydrogen) atoms. The lowest BCUT2D eigenvalue weighted by Crippen LogP contribution is -2.31. The van der Waals surface area contributed by atoms with E-state index in [1.807, 2.05) is 29.7 Å². The van der Waals surface area contributed by atoms with E-state index in [0.717, 1.165) is 0 Å². The molecule has 3 nitrogen and oxygen atoms in total. The minimum atomic E-state index is 0.424. The first-order chi connectivity index (χ1) is 6.75. The van der Waals surface area contributed by atoms with E-state index in [-0.39, 0.29) is 0 Å². The van der Waals surface area contributed by atoms with Crippen molar-refractivity contribution in [1.29, 1.82) is 0 Å². The van der Waals surface area contributed by atoms with E-state index in [9.17, 15) is 0 Å². The molecule has 2 rings (SSSR count). The normalized spacial score (nSPS) is 24.0. The molecule has 0 aromatic carbocycles. The summed E-state index contributed by atoms with van der Waals surface area (Å²) in [4.78, 5) is 0. The van der Waals surface area contributed by atoms with Crippen LogP contribution in [0.15, 0.2) is 12.4 Å². The molecule has 0 aliphatic carbocycles. The Kier molecular flexibility index (Phi) is 3.13. The summed E-state index contributed by atoms with van der Waals surface area (Å²) in [5, 5.41) is 7.82. The third-order valence-corrected chi connectivity index (χ3v) is 3.80. The second-order valence-electron chi connectivity index (χ2n) is 3.90. The summed E-state index contributed by atoms with van der Waals surface area (Å²) in [6.45, 7) is 2.21. The van der Waals surface area contributed by atoms with Gasteiger partial charge in [-0.05, 0) is 19.1 Å². The van der Waals surface area contributed by atoms with E-state index in [0.29, 0.717) is 12.1 Å². The van der Waals surface area contributed by atoms with Gasteiger partial charge in [0.2, 0.25) is 0 Å². The van der Waals surface area contributed by atoms with Gasteiger partial charge in [0.25, 0.3) is 0 Å². The highest BCUT2D eigenvalue weighted by molar-refractivity contribution is 7.99. The molecule has 1 aromatic rings. The average Bonchev–Trinajstić information content (AvgIpc) is 2.75. The zero-order chi connectivity index (χ0) is 9.97. The van der Waals surface area contributed by atoms with Crippen LogP contribution in [0.4, 0.5) is 0 Å². The van der Waals surface area contributed by atoms with E-state index in [4.69, 9.17) is 0 Å². The van der Waals surface area contributed by atoms with Gasteiger partial charge in [0.05, 0.1) is 6.20 Å². The number of hydrogen-bond donors (Lipinski definition) is 1. The summed E-state index contributed by atoms with van der Waals surface area (Å²) in [6.07, 6.45) is 5.33. The first-order valence-corrected chi connectivity index (χ1v) is 6.23. The molecule has 78 valence electrons. The Morgan fingerprint density at radius 2 is 2.57 bits per heavy atom. The molecule has 0 saturated carbocycles. The molecule has 2 atom stereocenters. The molecule has 0 spiro atoms. The molecule has 0 bridgehead atoms. The van der Waals surface area contributed by atoms with Gasteiger partial charge < -0.3 is 5.32 Å². The highest BCUT2D eigenvalue weighted by Gasteiger charge is 2.18. The molecule has 1 aromatic heterocycles. The maximum atomic E-state index is 4.18. The lowest BCUT2D eigenvalue weighted by molar-refractivity contribution is 0.486. The van der Waals surface area contributed by atoms with Crippen LogP contribution in [0.2, 0.25) is 0 Å². The summed E-state index contributed by atoms with van der Waals surface area (Å²) >= 11 is 2.04. The fourth-order valence-corrected chi connectivity index (χ4v) is 2.94. The Morgan fingerprint density at radius 3 is 3.14 bits per heavy atom. The third-order valence-electron chi connectivity index (χ3n) is 2.64. The topological polar surface area (TPSA) is 29.9 Å². The standard InChI is InChI=1S/C10H17N3S/c1-8(9-5-11-13(2)6-9)12-10-3-4-14-7-10/h5-6,8,10,12H,3-4,7H2,1-2H3. The molecule has 0 amide bonds. The quantitative estimate of drug-likeness (QED) is 0.823. The summed E-state index contributed by atoms with van der Waals surface area (Å²) in [5.74, 6) is 2.56. The maximum absolute atomic E-state index is 4.18. The fourth-order valence-electron chi connectivity index (χ4n) is 1.78. The number of rotatable bonds is 3. The maximum Gasteiger partial charge on any atom is 0.0537 e. The van der Waals surface area contributed by atoms with Crippen molar-refractivity contribution in [3.8, 4) is 0 Å². The molecule has 1 aliphatic heterocycles. The first kappa shape index (κ1) is 10.1. The van der Waals surface area contributed by atoms with Gasteiger partial charge in [-0.2, -0.15) is 16.9 Å². The van der Waals surface area contributed by atoms with Gasteiger partial charge in [-0.3, -0.25) is 4.68 Å². The van der Waals surface area contributed by atoms with Gasteiger partial charge in [-0.25, -0.2) is 0 Å². The van der Waals surface area contributed by atoms with Crippen LogP contribution in [0, 0.1) is 0 Å². The Labute approximate surface area is 89.3 Å². The van der Waals surface area contributed by atoms with Crippen LogP contribution in [-0.2, 0) is 7.05 Å². The van der Waals surface area contributed by atoms with E-state index >= 15 is 0 Å². The van der Waals surface area contributed by atoms with E-state index in [1.54, 1.807) is 0 Å². The number of nitrogens with one attached hydrogen (secondary N) is 1. The van der Waals surface area contributed by atoms with Crippen LogP contribution in [0.3, 0.4) is 0 Å². The second-order valence-corrected chi connectivity index (χ2v) is 5.05. The molecule has 2 unspecified atom stereocenters. The summed E-state index contributed by atoms with van der Waals surface area (Å²) in [7, 11) is 1.96. The number of aromatic nitrogens is 2. The highest BCUT2D eigenvalue weighted by Crippen LogP contribution is 2.20. The second kappa shape index (κ2) is 4.36. The lowest BCUT2D eigenvalue weighted by Gasteiger charge is -2.17. The van der Waals surface area contributed by atoms with Crippen molar-refractivity contribution in [1.82, 2.24) is 15.1 Å². The molecule has 1 aliphatic rings. The fraction of sp³-hybridized carbons (Fsp3) is 0.700. The zero-order valence-corrected chi connectivity index (χ0v) is 9.55. The molecule has 1 saturated heterocycles. The zero-order valence-electron chi connectivity index (χ0n) is 8.73. The van der Waals surface area contributed by atoms with Crippen molar-refractivity contribution >= 4 is 11.8 Å². The van der Waals surface area contributed by atoms with Gasteiger partial charge in [-0.15, -0.1) is 0 Å². The lowest BCUT2D eigenvalue weighted by atomic mass is 10.1. The molecule has 2 heterocycles. The van der Waals surface area contributed by atoms with Crippen LogP contribution >= 0.6 is 11.8 Å². The van der Waals surface area contributed by atoms with E-state index in [1.165, 1.54) is 23.5 Å². The van der Waals surface area contributed by atoms with Crippen molar-refractivity contribution in [2.75, 3.05) is 11.5 Å². The van der Waals surface area contributed by atoms with Crippen molar-refractivity contribution < 1.29 is 0 Å². The SMILES string of the molecule is CC(NC1CCSC1)c1cnn(C)c1. The first-order valence-electron chi connectivity index (χ1n) is 5.08. The van der Waals surface area contributed by atoms with Crippen LogP contribution in [0.5, 0.6) is 0 Å². The van der Waals surface area contributed by atoms with Gasteiger partial charge >= 0.3 is 0 Å². The minimum Gasteiger partial charge on any atom is -0.306 e. The largest absolute Gasteiger partial charge is 0.306 e. The van der Waals surface area contributed by atoms with E-state index < -0.39 is 0 Å². The Bertz CT molecular complexity index is 291. The molecule has 1 N–H and O–H groups in total. The highest BCUT2D eigenvalue weighted by atomic mass is 32.2. The molecule has 0 radical (unpaired) electrons. The minimum absolute atomic E-state index is 0.424. The summed E-state index contributed by atoms with van der Waals surface area (Å²) in [6, 6.07) is 1.11. The van der Waals surface area contributed by atoms with Gasteiger partial charge in [0, 0.05) is 36.6 Å². The monoisotopic (exact) mass is 211 g/mol. The Morgan fingerprint density at radius 1 is 1.71 bits per heavy atom. The van der Waals surface area contributed by atoms with Crippen LogP contribution in [-0.4, -0.2) is 27.3 Å². The molecule has 1 fully saturated rings. The summed E-state index contributed by atoms with van der Waals surface area (Å²) < 4.78 is 1.86. The predicted octanol–water partition coefficient (Wildman–Crippen LogP) is 1.58. The van der Waals surface area contributed by atoms with Crippen LogP contribution < -0.4 is 5.32 Å². The predicted molar refractivity (Wildman–Crippen MR) is 60.5 cm³/mol.